The van der Waals surface area contributed by atoms with E-state index < -0.39 is 0 Å². The Bertz CT molecular complexity index is 1140. The maximum atomic E-state index is 13.4. The van der Waals surface area contributed by atoms with E-state index in [9.17, 15) is 9.59 Å². The molecule has 2 aromatic heterocycles. The van der Waals surface area contributed by atoms with Crippen molar-refractivity contribution in [1.29, 1.82) is 0 Å². The number of amides is 2. The van der Waals surface area contributed by atoms with E-state index in [1.165, 1.54) is 0 Å². The molecule has 9 heteroatoms. The summed E-state index contributed by atoms with van der Waals surface area (Å²) < 4.78 is 1.96. The molecule has 2 aliphatic carbocycles. The lowest BCUT2D eigenvalue weighted by atomic mass is 9.81. The number of hydrogen-bond acceptors (Lipinski definition) is 6. The highest BCUT2D eigenvalue weighted by Gasteiger charge is 2.36. The van der Waals surface area contributed by atoms with Gasteiger partial charge in [0.1, 0.15) is 0 Å². The summed E-state index contributed by atoms with van der Waals surface area (Å²) in [5, 5.41) is 4.59. The third-order valence-corrected chi connectivity index (χ3v) is 9.00. The fourth-order valence-electron chi connectivity index (χ4n) is 6.33. The van der Waals surface area contributed by atoms with Crippen LogP contribution in [0.3, 0.4) is 0 Å². The van der Waals surface area contributed by atoms with Crippen molar-refractivity contribution in [2.75, 3.05) is 64.8 Å². The Morgan fingerprint density at radius 3 is 2.32 bits per heavy atom. The summed E-state index contributed by atoms with van der Waals surface area (Å²) >= 11 is 0. The van der Waals surface area contributed by atoms with Crippen LogP contribution in [0.15, 0.2) is 30.6 Å². The molecule has 0 aromatic carbocycles. The lowest BCUT2D eigenvalue weighted by molar-refractivity contribution is -0.138. The van der Waals surface area contributed by atoms with Gasteiger partial charge in [-0.15, -0.1) is 0 Å². The van der Waals surface area contributed by atoms with E-state index in [2.05, 4.69) is 70.1 Å². The third-order valence-electron chi connectivity index (χ3n) is 9.00. The van der Waals surface area contributed by atoms with Crippen LogP contribution in [-0.2, 0) is 22.6 Å². The number of hydrogen-bond donors (Lipinski definition) is 0. The zero-order valence-corrected chi connectivity index (χ0v) is 25.4. The molecule has 41 heavy (non-hydrogen) atoms. The molecule has 0 atom stereocenters. The predicted octanol–water partition coefficient (Wildman–Crippen LogP) is 3.53. The van der Waals surface area contributed by atoms with Gasteiger partial charge < -0.3 is 19.6 Å². The first-order valence-corrected chi connectivity index (χ1v) is 15.8. The standard InChI is InChI=1S/C32H49N7O2/c1-4-6-28-7-5-8-29(34-28)23-39-24-30(21-33-39)36-17-19-37(20-18-36)31(40)26-11-9-25(10-12-26)22-38(16-15-35(2)3)32(41)27-13-14-27/h5,7-8,21,24-27H,4,6,9-20,22-23H2,1-3H3. The van der Waals surface area contributed by atoms with Gasteiger partial charge in [-0.05, 0) is 77.1 Å². The fraction of sp³-hybridized carbons (Fsp3) is 0.688. The van der Waals surface area contributed by atoms with Crippen molar-refractivity contribution >= 4 is 17.5 Å². The van der Waals surface area contributed by atoms with Gasteiger partial charge >= 0.3 is 0 Å². The average Bonchev–Trinajstić information content (AvgIpc) is 3.73. The molecule has 0 unspecified atom stereocenters. The van der Waals surface area contributed by atoms with Crippen molar-refractivity contribution < 1.29 is 9.59 Å². The van der Waals surface area contributed by atoms with Crippen LogP contribution in [0.4, 0.5) is 5.69 Å². The van der Waals surface area contributed by atoms with E-state index in [-0.39, 0.29) is 11.8 Å². The van der Waals surface area contributed by atoms with Gasteiger partial charge in [-0.25, -0.2) is 0 Å². The largest absolute Gasteiger partial charge is 0.365 e. The van der Waals surface area contributed by atoms with Crippen molar-refractivity contribution in [3.8, 4) is 0 Å². The van der Waals surface area contributed by atoms with Crippen LogP contribution in [0, 0.1) is 17.8 Å². The van der Waals surface area contributed by atoms with E-state index in [0.717, 1.165) is 114 Å². The second-order valence-corrected chi connectivity index (χ2v) is 12.7. The zero-order chi connectivity index (χ0) is 28.8. The van der Waals surface area contributed by atoms with E-state index in [1.807, 2.05) is 10.9 Å². The molecule has 0 bridgehead atoms. The highest BCUT2D eigenvalue weighted by molar-refractivity contribution is 5.81. The van der Waals surface area contributed by atoms with Crippen molar-refractivity contribution in [2.45, 2.75) is 64.8 Å². The first-order chi connectivity index (χ1) is 19.9. The van der Waals surface area contributed by atoms with Crippen LogP contribution in [-0.4, -0.2) is 101 Å². The smallest absolute Gasteiger partial charge is 0.225 e. The van der Waals surface area contributed by atoms with Crippen molar-refractivity contribution in [3.05, 3.63) is 42.0 Å². The Hall–Kier alpha value is -2.94. The Labute approximate surface area is 245 Å². The summed E-state index contributed by atoms with van der Waals surface area (Å²) in [5.41, 5.74) is 3.28. The van der Waals surface area contributed by atoms with Crippen LogP contribution in [0.2, 0.25) is 0 Å². The van der Waals surface area contributed by atoms with E-state index in [0.29, 0.717) is 24.3 Å². The normalized spacial score (nSPS) is 21.4. The van der Waals surface area contributed by atoms with Crippen LogP contribution < -0.4 is 4.90 Å². The number of aryl methyl sites for hydroxylation is 1. The number of rotatable bonds is 12. The number of likely N-dealkylation sites (N-methyl/N-ethyl adjacent to an activating group) is 1. The molecule has 224 valence electrons. The molecule has 1 saturated heterocycles. The average molecular weight is 564 g/mol. The SMILES string of the molecule is CCCc1cccc(Cn2cc(N3CCN(C(=O)C4CCC(CN(CCN(C)C)C(=O)C5CC5)CC4)CC3)cn2)n1. The van der Waals surface area contributed by atoms with Crippen molar-refractivity contribution in [3.63, 3.8) is 0 Å². The lowest BCUT2D eigenvalue weighted by Crippen LogP contribution is -2.51. The van der Waals surface area contributed by atoms with Gasteiger partial charge in [-0.1, -0.05) is 19.4 Å². The maximum Gasteiger partial charge on any atom is 0.225 e. The second-order valence-electron chi connectivity index (χ2n) is 12.7. The summed E-state index contributed by atoms with van der Waals surface area (Å²) in [6.07, 6.45) is 12.2. The molecular formula is C32H49N7O2. The number of carbonyl (C=O) groups excluding carboxylic acids is 2. The number of pyridine rings is 1. The minimum atomic E-state index is 0.130. The molecule has 0 spiro atoms. The Morgan fingerprint density at radius 1 is 0.927 bits per heavy atom. The third kappa shape index (κ3) is 8.09. The highest BCUT2D eigenvalue weighted by Crippen LogP contribution is 2.34. The molecule has 2 aromatic rings. The molecule has 5 rings (SSSR count). The maximum absolute atomic E-state index is 13.4. The summed E-state index contributed by atoms with van der Waals surface area (Å²) in [7, 11) is 4.13. The van der Waals surface area contributed by atoms with Crippen LogP contribution in [0.1, 0.15) is 63.3 Å². The van der Waals surface area contributed by atoms with Gasteiger partial charge in [-0.2, -0.15) is 5.10 Å². The minimum absolute atomic E-state index is 0.130. The zero-order valence-electron chi connectivity index (χ0n) is 25.4. The van der Waals surface area contributed by atoms with Crippen molar-refractivity contribution in [1.82, 2.24) is 29.5 Å². The number of aromatic nitrogens is 3. The van der Waals surface area contributed by atoms with Crippen LogP contribution in [0.5, 0.6) is 0 Å². The number of piperazine rings is 1. The first kappa shape index (κ1) is 29.5. The molecule has 0 radical (unpaired) electrons. The molecule has 1 aliphatic heterocycles. The van der Waals surface area contributed by atoms with Gasteiger partial charge in [-0.3, -0.25) is 19.3 Å². The van der Waals surface area contributed by atoms with Gasteiger partial charge in [0.15, 0.2) is 0 Å². The van der Waals surface area contributed by atoms with Gasteiger partial charge in [0.25, 0.3) is 0 Å². The Balaban J connectivity index is 1.06. The topological polar surface area (TPSA) is 77.8 Å². The molecule has 2 amide bonds. The summed E-state index contributed by atoms with van der Waals surface area (Å²) in [6.45, 7) is 8.61. The van der Waals surface area contributed by atoms with Crippen molar-refractivity contribution in [2.24, 2.45) is 17.8 Å². The van der Waals surface area contributed by atoms with Gasteiger partial charge in [0.2, 0.25) is 11.8 Å². The number of carbonyl (C=O) groups is 2. The van der Waals surface area contributed by atoms with E-state index in [1.54, 1.807) is 0 Å². The van der Waals surface area contributed by atoms with Gasteiger partial charge in [0.05, 0.1) is 24.1 Å². The molecule has 0 N–H and O–H groups in total. The molecule has 3 fully saturated rings. The second kappa shape index (κ2) is 13.8. The van der Waals surface area contributed by atoms with Gasteiger partial charge in [0, 0.05) is 69.5 Å². The molecule has 9 nitrogen and oxygen atoms in total. The van der Waals surface area contributed by atoms with E-state index in [4.69, 9.17) is 4.98 Å². The molecule has 2 saturated carbocycles. The predicted molar refractivity (Wildman–Crippen MR) is 162 cm³/mol. The quantitative estimate of drug-likeness (QED) is 0.393. The highest BCUT2D eigenvalue weighted by atomic mass is 16.2. The molecular weight excluding hydrogens is 514 g/mol. The fourth-order valence-corrected chi connectivity index (χ4v) is 6.33. The summed E-state index contributed by atoms with van der Waals surface area (Å²) in [5.74, 6) is 1.59. The van der Waals surface area contributed by atoms with Crippen LogP contribution >= 0.6 is 0 Å². The molecule has 3 heterocycles. The van der Waals surface area contributed by atoms with E-state index >= 15 is 0 Å². The Morgan fingerprint density at radius 2 is 1.63 bits per heavy atom. The summed E-state index contributed by atoms with van der Waals surface area (Å²) in [6, 6.07) is 6.23. The summed E-state index contributed by atoms with van der Waals surface area (Å²) in [4.78, 5) is 39.7. The number of anilines is 1. The molecule has 3 aliphatic rings. The monoisotopic (exact) mass is 563 g/mol. The number of nitrogens with zero attached hydrogens (tertiary/aromatic N) is 7. The lowest BCUT2D eigenvalue weighted by Gasteiger charge is -2.39. The minimum Gasteiger partial charge on any atom is -0.365 e. The Kier molecular flexibility index (Phi) is 9.96. The van der Waals surface area contributed by atoms with Crippen LogP contribution in [0.25, 0.3) is 0 Å². The first-order valence-electron chi connectivity index (χ1n) is 15.8.